The summed E-state index contributed by atoms with van der Waals surface area (Å²) >= 11 is 1.51. The number of rotatable bonds is 2. The normalized spacial score (nSPS) is 10.8. The second-order valence-electron chi connectivity index (χ2n) is 3.24. The van der Waals surface area contributed by atoms with Crippen LogP contribution in [0.5, 0.6) is 0 Å². The third-order valence-corrected chi connectivity index (χ3v) is 3.00. The number of fused-ring (bicyclic) bond motifs is 1. The van der Waals surface area contributed by atoms with E-state index < -0.39 is 0 Å². The number of benzene rings is 1. The lowest BCUT2D eigenvalue weighted by atomic mass is 10.2. The Morgan fingerprint density at radius 3 is 2.71 bits per heavy atom. The van der Waals surface area contributed by atoms with Crippen molar-refractivity contribution in [3.8, 4) is 0 Å². The summed E-state index contributed by atoms with van der Waals surface area (Å²) in [5, 5.41) is 12.9. The molecule has 0 N–H and O–H groups in total. The summed E-state index contributed by atoms with van der Waals surface area (Å²) in [5.41, 5.74) is 1.16. The van der Waals surface area contributed by atoms with E-state index in [1.807, 2.05) is 30.4 Å². The second-order valence-corrected chi connectivity index (χ2v) is 4.23. The molecule has 0 spiro atoms. The van der Waals surface area contributed by atoms with Crippen LogP contribution < -0.4 is 0 Å². The molecule has 1 aromatic carbocycles. The van der Waals surface area contributed by atoms with Crippen molar-refractivity contribution in [1.29, 1.82) is 0 Å². The number of hydrogen-bond acceptors (Lipinski definition) is 4. The van der Waals surface area contributed by atoms with Gasteiger partial charge in [0.05, 0.1) is 0 Å². The van der Waals surface area contributed by atoms with Crippen molar-refractivity contribution >= 4 is 40.9 Å². The van der Waals surface area contributed by atoms with Crippen LogP contribution >= 0.6 is 23.7 Å². The lowest BCUT2D eigenvalue weighted by Crippen LogP contribution is -1.79. The third kappa shape index (κ3) is 2.51. The first-order valence-corrected chi connectivity index (χ1v) is 5.63. The maximum absolute atomic E-state index is 4.31. The van der Waals surface area contributed by atoms with Crippen molar-refractivity contribution in [2.45, 2.75) is 0 Å². The molecule has 0 aliphatic carbocycles. The van der Waals surface area contributed by atoms with E-state index in [1.54, 1.807) is 10.8 Å². The molecule has 0 bridgehead atoms. The fourth-order valence-corrected chi connectivity index (χ4v) is 2.10. The molecule has 4 nitrogen and oxygen atoms in total. The summed E-state index contributed by atoms with van der Waals surface area (Å²) in [7, 11) is 0. The van der Waals surface area contributed by atoms with Gasteiger partial charge in [0.15, 0.2) is 0 Å². The van der Waals surface area contributed by atoms with E-state index in [0.29, 0.717) is 0 Å². The molecule has 2 heterocycles. The molecule has 0 aliphatic rings. The standard InChI is InChI=1S/C11H8N4S.ClH/c1-2-4-9(5-3-1)6-7-10-14-15-8-12-13-11(15)16-10;/h1-8H;1H/b7-6+;. The highest BCUT2D eigenvalue weighted by Crippen LogP contribution is 2.14. The molecule has 2 aromatic heterocycles. The molecule has 0 aliphatic heterocycles. The van der Waals surface area contributed by atoms with Crippen LogP contribution in [0.4, 0.5) is 0 Å². The Morgan fingerprint density at radius 1 is 1.12 bits per heavy atom. The fourth-order valence-electron chi connectivity index (χ4n) is 1.37. The van der Waals surface area contributed by atoms with E-state index in [9.17, 15) is 0 Å². The van der Waals surface area contributed by atoms with Gasteiger partial charge in [-0.1, -0.05) is 47.7 Å². The van der Waals surface area contributed by atoms with Crippen molar-refractivity contribution in [2.24, 2.45) is 0 Å². The van der Waals surface area contributed by atoms with E-state index in [2.05, 4.69) is 27.4 Å². The zero-order valence-electron chi connectivity index (χ0n) is 8.72. The number of halogens is 1. The Morgan fingerprint density at radius 2 is 1.94 bits per heavy atom. The van der Waals surface area contributed by atoms with Crippen molar-refractivity contribution in [3.63, 3.8) is 0 Å². The predicted molar refractivity (Wildman–Crippen MR) is 71.3 cm³/mol. The zero-order chi connectivity index (χ0) is 10.8. The van der Waals surface area contributed by atoms with Gasteiger partial charge in [-0.05, 0) is 11.6 Å². The van der Waals surface area contributed by atoms with Crippen LogP contribution in [0.2, 0.25) is 0 Å². The molecule has 3 rings (SSSR count). The van der Waals surface area contributed by atoms with Crippen LogP contribution in [0.1, 0.15) is 10.6 Å². The largest absolute Gasteiger partial charge is 0.234 e. The Balaban J connectivity index is 0.00000108. The molecule has 0 saturated heterocycles. The summed E-state index contributed by atoms with van der Waals surface area (Å²) < 4.78 is 1.68. The van der Waals surface area contributed by atoms with Crippen LogP contribution in [0.25, 0.3) is 17.1 Å². The number of aromatic nitrogens is 4. The number of hydrogen-bond donors (Lipinski definition) is 0. The molecule has 0 saturated carbocycles. The van der Waals surface area contributed by atoms with Gasteiger partial charge in [0.2, 0.25) is 4.96 Å². The van der Waals surface area contributed by atoms with Crippen molar-refractivity contribution in [1.82, 2.24) is 19.8 Å². The maximum Gasteiger partial charge on any atom is 0.234 e. The molecule has 3 aromatic rings. The lowest BCUT2D eigenvalue weighted by Gasteiger charge is -1.88. The fraction of sp³-hybridized carbons (Fsp3) is 0. The van der Waals surface area contributed by atoms with Crippen LogP contribution in [0.15, 0.2) is 36.7 Å². The summed E-state index contributed by atoms with van der Waals surface area (Å²) in [6.45, 7) is 0. The van der Waals surface area contributed by atoms with Gasteiger partial charge in [-0.15, -0.1) is 22.6 Å². The molecular weight excluding hydrogens is 256 g/mol. The molecule has 6 heteroatoms. The average molecular weight is 265 g/mol. The Bertz CT molecular complexity index is 601. The molecule has 0 fully saturated rings. The maximum atomic E-state index is 4.31. The zero-order valence-corrected chi connectivity index (χ0v) is 10.4. The van der Waals surface area contributed by atoms with Crippen LogP contribution in [-0.2, 0) is 0 Å². The van der Waals surface area contributed by atoms with E-state index in [0.717, 1.165) is 15.5 Å². The molecule has 17 heavy (non-hydrogen) atoms. The molecule has 0 amide bonds. The van der Waals surface area contributed by atoms with Gasteiger partial charge in [-0.3, -0.25) is 0 Å². The quantitative estimate of drug-likeness (QED) is 0.715. The van der Waals surface area contributed by atoms with E-state index in [-0.39, 0.29) is 12.4 Å². The SMILES string of the molecule is C(=C\c1nn2cnnc2s1)/c1ccccc1.Cl. The lowest BCUT2D eigenvalue weighted by molar-refractivity contribution is 0.949. The predicted octanol–water partition coefficient (Wildman–Crippen LogP) is 2.78. The minimum Gasteiger partial charge on any atom is -0.190 e. The highest BCUT2D eigenvalue weighted by Gasteiger charge is 2.01. The van der Waals surface area contributed by atoms with E-state index in [4.69, 9.17) is 0 Å². The summed E-state index contributed by atoms with van der Waals surface area (Å²) in [4.78, 5) is 0.813. The van der Waals surface area contributed by atoms with Crippen molar-refractivity contribution in [2.75, 3.05) is 0 Å². The summed E-state index contributed by atoms with van der Waals surface area (Å²) in [6.07, 6.45) is 5.62. The minimum atomic E-state index is 0. The van der Waals surface area contributed by atoms with Crippen LogP contribution in [-0.4, -0.2) is 19.8 Å². The molecule has 86 valence electrons. The van der Waals surface area contributed by atoms with Gasteiger partial charge in [0.25, 0.3) is 0 Å². The van der Waals surface area contributed by atoms with Gasteiger partial charge in [0.1, 0.15) is 11.3 Å². The summed E-state index contributed by atoms with van der Waals surface area (Å²) in [6, 6.07) is 10.1. The number of nitrogens with zero attached hydrogens (tertiary/aromatic N) is 4. The van der Waals surface area contributed by atoms with Crippen molar-refractivity contribution in [3.05, 3.63) is 47.2 Å². The monoisotopic (exact) mass is 264 g/mol. The van der Waals surface area contributed by atoms with Gasteiger partial charge < -0.3 is 0 Å². The van der Waals surface area contributed by atoms with Crippen LogP contribution in [0.3, 0.4) is 0 Å². The first-order valence-electron chi connectivity index (χ1n) is 4.82. The Hall–Kier alpha value is -1.72. The molecule has 0 radical (unpaired) electrons. The highest BCUT2D eigenvalue weighted by atomic mass is 35.5. The third-order valence-electron chi connectivity index (χ3n) is 2.12. The molecular formula is C11H9ClN4S. The van der Waals surface area contributed by atoms with Gasteiger partial charge in [0, 0.05) is 0 Å². The topological polar surface area (TPSA) is 43.1 Å². The second kappa shape index (κ2) is 5.07. The first kappa shape index (κ1) is 11.8. The van der Waals surface area contributed by atoms with Crippen LogP contribution in [0, 0.1) is 0 Å². The summed E-state index contributed by atoms with van der Waals surface area (Å²) in [5.74, 6) is 0. The smallest absolute Gasteiger partial charge is 0.190 e. The van der Waals surface area contributed by atoms with Gasteiger partial charge in [-0.2, -0.15) is 9.61 Å². The van der Waals surface area contributed by atoms with E-state index >= 15 is 0 Å². The molecule has 0 unspecified atom stereocenters. The van der Waals surface area contributed by atoms with Gasteiger partial charge in [-0.25, -0.2) is 0 Å². The Labute approximate surface area is 108 Å². The average Bonchev–Trinajstić information content (AvgIpc) is 2.88. The Kier molecular flexibility index (Phi) is 3.51. The molecule has 0 atom stereocenters. The first-order chi connectivity index (χ1) is 7.92. The highest BCUT2D eigenvalue weighted by molar-refractivity contribution is 7.17. The minimum absolute atomic E-state index is 0. The van der Waals surface area contributed by atoms with E-state index in [1.165, 1.54) is 11.3 Å². The van der Waals surface area contributed by atoms with Gasteiger partial charge >= 0.3 is 0 Å². The van der Waals surface area contributed by atoms with Crippen molar-refractivity contribution < 1.29 is 0 Å².